The quantitative estimate of drug-likeness (QED) is 0.494. The normalized spacial score (nSPS) is 10.4. The maximum Gasteiger partial charge on any atom is 0.338 e. The van der Waals surface area contributed by atoms with Gasteiger partial charge in [0, 0.05) is 24.2 Å². The number of carbonyl (C=O) groups excluding carboxylic acids is 4. The molecule has 0 radical (unpaired) electrons. The predicted molar refractivity (Wildman–Crippen MR) is 120 cm³/mol. The lowest BCUT2D eigenvalue weighted by Gasteiger charge is -2.09. The van der Waals surface area contributed by atoms with Gasteiger partial charge in [0.05, 0.1) is 12.2 Å². The molecule has 0 fully saturated rings. The van der Waals surface area contributed by atoms with E-state index in [9.17, 15) is 23.6 Å². The lowest BCUT2D eigenvalue weighted by atomic mass is 10.2. The van der Waals surface area contributed by atoms with Crippen molar-refractivity contribution in [1.29, 1.82) is 0 Å². The summed E-state index contributed by atoms with van der Waals surface area (Å²) in [5.74, 6) is -2.07. The number of hydrogen-bond donors (Lipinski definition) is 2. The molecule has 176 valence electrons. The number of nitrogens with one attached hydrogen (secondary N) is 2. The van der Waals surface area contributed by atoms with Gasteiger partial charge in [0.2, 0.25) is 5.91 Å². The van der Waals surface area contributed by atoms with E-state index in [1.807, 2.05) is 13.8 Å². The second-order valence-corrected chi connectivity index (χ2v) is 7.69. The summed E-state index contributed by atoms with van der Waals surface area (Å²) in [7, 11) is 0. The van der Waals surface area contributed by atoms with Crippen molar-refractivity contribution in [3.63, 3.8) is 0 Å². The summed E-state index contributed by atoms with van der Waals surface area (Å²) >= 11 is 0. The third-order valence-electron chi connectivity index (χ3n) is 4.23. The molecule has 2 amide bonds. The van der Waals surface area contributed by atoms with Crippen LogP contribution in [0.3, 0.4) is 0 Å². The van der Waals surface area contributed by atoms with E-state index < -0.39 is 30.3 Å². The van der Waals surface area contributed by atoms with Crippen LogP contribution < -0.4 is 10.6 Å². The van der Waals surface area contributed by atoms with Crippen molar-refractivity contribution in [2.45, 2.75) is 33.1 Å². The topological polar surface area (TPSA) is 111 Å². The van der Waals surface area contributed by atoms with Gasteiger partial charge in [-0.3, -0.25) is 14.4 Å². The van der Waals surface area contributed by atoms with Gasteiger partial charge in [-0.15, -0.1) is 0 Å². The molecule has 8 nitrogen and oxygen atoms in total. The predicted octanol–water partition coefficient (Wildman–Crippen LogP) is 3.93. The maximum absolute atomic E-state index is 12.8. The van der Waals surface area contributed by atoms with Crippen molar-refractivity contribution >= 4 is 35.1 Å². The van der Waals surface area contributed by atoms with E-state index in [4.69, 9.17) is 9.47 Å². The first-order valence-corrected chi connectivity index (χ1v) is 10.5. The third-order valence-corrected chi connectivity index (χ3v) is 4.23. The Bertz CT molecular complexity index is 958. The molecule has 2 N–H and O–H groups in total. The molecule has 0 atom stereocenters. The van der Waals surface area contributed by atoms with Crippen molar-refractivity contribution < 1.29 is 33.0 Å². The number of amides is 2. The minimum absolute atomic E-state index is 0.0299. The Balaban J connectivity index is 1.64. The fourth-order valence-corrected chi connectivity index (χ4v) is 2.58. The van der Waals surface area contributed by atoms with Crippen molar-refractivity contribution in [3.05, 3.63) is 59.9 Å². The van der Waals surface area contributed by atoms with Crippen LogP contribution in [0.15, 0.2) is 48.5 Å². The summed E-state index contributed by atoms with van der Waals surface area (Å²) in [6.45, 7) is 3.74. The second-order valence-electron chi connectivity index (χ2n) is 7.69. The highest BCUT2D eigenvalue weighted by atomic mass is 19.1. The monoisotopic (exact) mass is 458 g/mol. The second kappa shape index (κ2) is 12.9. The summed E-state index contributed by atoms with van der Waals surface area (Å²) in [4.78, 5) is 47.4. The fraction of sp³-hybridized carbons (Fsp3) is 0.333. The van der Waals surface area contributed by atoms with Gasteiger partial charge in [-0.1, -0.05) is 13.8 Å². The van der Waals surface area contributed by atoms with E-state index >= 15 is 0 Å². The molecule has 2 aromatic rings. The number of hydrogen-bond acceptors (Lipinski definition) is 6. The molecule has 0 aliphatic rings. The maximum atomic E-state index is 12.8. The highest BCUT2D eigenvalue weighted by molar-refractivity contribution is 5.94. The van der Waals surface area contributed by atoms with Crippen molar-refractivity contribution in [2.24, 2.45) is 5.92 Å². The summed E-state index contributed by atoms with van der Waals surface area (Å²) in [6.07, 6.45) is 0.288. The van der Waals surface area contributed by atoms with Gasteiger partial charge < -0.3 is 20.1 Å². The molecule has 0 unspecified atom stereocenters. The number of carbonyl (C=O) groups is 4. The summed E-state index contributed by atoms with van der Waals surface area (Å²) < 4.78 is 22.9. The van der Waals surface area contributed by atoms with Gasteiger partial charge in [-0.25, -0.2) is 9.18 Å². The first-order valence-electron chi connectivity index (χ1n) is 10.5. The third kappa shape index (κ3) is 9.94. The lowest BCUT2D eigenvalue weighted by molar-refractivity contribution is -0.147. The van der Waals surface area contributed by atoms with E-state index in [0.717, 1.165) is 0 Å². The highest BCUT2D eigenvalue weighted by Crippen LogP contribution is 2.12. The molecule has 2 rings (SSSR count). The van der Waals surface area contributed by atoms with Crippen LogP contribution in [0.5, 0.6) is 0 Å². The SMILES string of the molecule is CC(C)COC(=O)c1ccc(NC(=O)CCCC(=O)OCC(=O)Nc2ccc(F)cc2)cc1. The number of rotatable bonds is 11. The smallest absolute Gasteiger partial charge is 0.338 e. The molecule has 0 bridgehead atoms. The van der Waals surface area contributed by atoms with Crippen molar-refractivity contribution in [3.8, 4) is 0 Å². The first kappa shape index (κ1) is 25.5. The minimum Gasteiger partial charge on any atom is -0.462 e. The Morgan fingerprint density at radius 1 is 0.818 bits per heavy atom. The zero-order valence-electron chi connectivity index (χ0n) is 18.6. The van der Waals surface area contributed by atoms with Crippen molar-refractivity contribution in [2.75, 3.05) is 23.8 Å². The van der Waals surface area contributed by atoms with Gasteiger partial charge >= 0.3 is 11.9 Å². The summed E-state index contributed by atoms with van der Waals surface area (Å²) in [5, 5.41) is 5.15. The van der Waals surface area contributed by atoms with Gasteiger partial charge in [-0.05, 0) is 60.9 Å². The molecule has 0 saturated heterocycles. The summed E-state index contributed by atoms with van der Waals surface area (Å²) in [5.41, 5.74) is 1.29. The van der Waals surface area contributed by atoms with E-state index in [1.165, 1.54) is 24.3 Å². The van der Waals surface area contributed by atoms with E-state index in [0.29, 0.717) is 23.5 Å². The Kier molecular flexibility index (Phi) is 10.0. The molecular weight excluding hydrogens is 431 g/mol. The number of esters is 2. The van der Waals surface area contributed by atoms with E-state index in [-0.39, 0.29) is 31.1 Å². The van der Waals surface area contributed by atoms with Crippen LogP contribution in [0.1, 0.15) is 43.5 Å². The van der Waals surface area contributed by atoms with Gasteiger partial charge in [-0.2, -0.15) is 0 Å². The zero-order chi connectivity index (χ0) is 24.2. The van der Waals surface area contributed by atoms with Gasteiger partial charge in [0.1, 0.15) is 5.82 Å². The number of halogens is 1. The van der Waals surface area contributed by atoms with Crippen LogP contribution in [-0.2, 0) is 23.9 Å². The average Bonchev–Trinajstić information content (AvgIpc) is 2.78. The number of anilines is 2. The Labute approximate surface area is 191 Å². The molecular formula is C24H27FN2O6. The zero-order valence-corrected chi connectivity index (χ0v) is 18.6. The van der Waals surface area contributed by atoms with Crippen LogP contribution in [0.4, 0.5) is 15.8 Å². The van der Waals surface area contributed by atoms with E-state index in [2.05, 4.69) is 10.6 Å². The molecule has 2 aromatic carbocycles. The van der Waals surface area contributed by atoms with Gasteiger partial charge in [0.15, 0.2) is 6.61 Å². The number of ether oxygens (including phenoxy) is 2. The Morgan fingerprint density at radius 3 is 2.00 bits per heavy atom. The van der Waals surface area contributed by atoms with Crippen LogP contribution in [0.25, 0.3) is 0 Å². The van der Waals surface area contributed by atoms with Crippen LogP contribution in [-0.4, -0.2) is 37.0 Å². The molecule has 0 aromatic heterocycles. The summed E-state index contributed by atoms with van der Waals surface area (Å²) in [6, 6.07) is 11.5. The average molecular weight is 458 g/mol. The lowest BCUT2D eigenvalue weighted by Crippen LogP contribution is -2.21. The molecule has 9 heteroatoms. The Hall–Kier alpha value is -3.75. The molecule has 33 heavy (non-hydrogen) atoms. The van der Waals surface area contributed by atoms with E-state index in [1.54, 1.807) is 24.3 Å². The van der Waals surface area contributed by atoms with Crippen LogP contribution >= 0.6 is 0 Å². The standard InChI is InChI=1S/C24H27FN2O6/c1-16(2)14-33-24(31)17-6-10-19(11-7-17)26-21(28)4-3-5-23(30)32-15-22(29)27-20-12-8-18(25)9-13-20/h6-13,16H,3-5,14-15H2,1-2H3,(H,26,28)(H,27,29). The first-order chi connectivity index (χ1) is 15.7. The largest absolute Gasteiger partial charge is 0.462 e. The van der Waals surface area contributed by atoms with Crippen molar-refractivity contribution in [1.82, 2.24) is 0 Å². The number of benzene rings is 2. The molecule has 0 saturated carbocycles. The van der Waals surface area contributed by atoms with Crippen LogP contribution in [0.2, 0.25) is 0 Å². The molecule has 0 spiro atoms. The van der Waals surface area contributed by atoms with Crippen LogP contribution in [0, 0.1) is 11.7 Å². The van der Waals surface area contributed by atoms with Gasteiger partial charge in [0.25, 0.3) is 5.91 Å². The molecule has 0 heterocycles. The molecule has 0 aliphatic carbocycles. The Morgan fingerprint density at radius 2 is 1.39 bits per heavy atom. The minimum atomic E-state index is -0.610. The molecule has 0 aliphatic heterocycles. The fourth-order valence-electron chi connectivity index (χ4n) is 2.58. The highest BCUT2D eigenvalue weighted by Gasteiger charge is 2.11.